The predicted octanol–water partition coefficient (Wildman–Crippen LogP) is 4.89. The molecule has 0 spiro atoms. The van der Waals surface area contributed by atoms with E-state index in [1.807, 2.05) is 30.3 Å². The first-order chi connectivity index (χ1) is 14.4. The van der Waals surface area contributed by atoms with E-state index in [9.17, 15) is 8.42 Å². The van der Waals surface area contributed by atoms with Gasteiger partial charge in [-0.3, -0.25) is 0 Å². The number of halogens is 1. The minimum Gasteiger partial charge on any atom is -0.482 e. The van der Waals surface area contributed by atoms with Crippen LogP contribution in [0.3, 0.4) is 0 Å². The van der Waals surface area contributed by atoms with Crippen LogP contribution in [0.4, 0.5) is 0 Å². The molecule has 0 amide bonds. The predicted molar refractivity (Wildman–Crippen MR) is 115 cm³/mol. The normalized spacial score (nSPS) is 11.4. The number of hydrogen-bond acceptors (Lipinski definition) is 5. The summed E-state index contributed by atoms with van der Waals surface area (Å²) >= 11 is 6.13. The highest BCUT2D eigenvalue weighted by Crippen LogP contribution is 2.36. The van der Waals surface area contributed by atoms with Crippen molar-refractivity contribution in [2.24, 2.45) is 5.14 Å². The van der Waals surface area contributed by atoms with Gasteiger partial charge in [-0.1, -0.05) is 66.2 Å². The highest BCUT2D eigenvalue weighted by atomic mass is 35.5. The average molecular weight is 441 g/mol. The van der Waals surface area contributed by atoms with Crippen molar-refractivity contribution >= 4 is 21.6 Å². The van der Waals surface area contributed by atoms with Gasteiger partial charge in [0.2, 0.25) is 15.9 Å². The minimum absolute atomic E-state index is 0.0150. The summed E-state index contributed by atoms with van der Waals surface area (Å²) in [4.78, 5) is 4.51. The summed E-state index contributed by atoms with van der Waals surface area (Å²) in [5, 5.41) is 5.88. The van der Waals surface area contributed by atoms with Crippen molar-refractivity contribution in [1.82, 2.24) is 4.98 Å². The van der Waals surface area contributed by atoms with E-state index in [-0.39, 0.29) is 17.4 Å². The SMILES string of the molecule is NS(=O)(=O)c1ccccc1-c1oc(COc2ccccc2Cl)nc1-c1ccccc1. The van der Waals surface area contributed by atoms with Gasteiger partial charge in [0.1, 0.15) is 11.4 Å². The molecule has 2 N–H and O–H groups in total. The van der Waals surface area contributed by atoms with Crippen molar-refractivity contribution in [3.63, 3.8) is 0 Å². The Kier molecular flexibility index (Phi) is 5.59. The number of nitrogens with two attached hydrogens (primary N) is 1. The molecule has 3 aromatic carbocycles. The number of nitrogens with zero attached hydrogens (tertiary/aromatic N) is 1. The van der Waals surface area contributed by atoms with E-state index in [4.69, 9.17) is 25.9 Å². The van der Waals surface area contributed by atoms with Crippen LogP contribution in [0.1, 0.15) is 5.89 Å². The molecule has 4 aromatic rings. The van der Waals surface area contributed by atoms with Crippen LogP contribution in [0.2, 0.25) is 5.02 Å². The van der Waals surface area contributed by atoms with E-state index in [0.29, 0.717) is 27.8 Å². The first kappa shape index (κ1) is 20.2. The second-order valence-corrected chi connectivity index (χ2v) is 8.35. The second kappa shape index (κ2) is 8.31. The first-order valence-corrected chi connectivity index (χ1v) is 10.9. The van der Waals surface area contributed by atoms with Crippen LogP contribution in [-0.4, -0.2) is 13.4 Å². The number of hydrogen-bond donors (Lipinski definition) is 1. The van der Waals surface area contributed by atoms with Gasteiger partial charge in [-0.25, -0.2) is 18.5 Å². The Balaban J connectivity index is 1.80. The maximum Gasteiger partial charge on any atom is 0.238 e. The van der Waals surface area contributed by atoms with Crippen molar-refractivity contribution in [3.05, 3.63) is 89.8 Å². The summed E-state index contributed by atoms with van der Waals surface area (Å²) in [5.41, 5.74) is 1.59. The van der Waals surface area contributed by atoms with Crippen molar-refractivity contribution in [2.45, 2.75) is 11.5 Å². The van der Waals surface area contributed by atoms with Crippen LogP contribution < -0.4 is 9.88 Å². The Bertz CT molecular complexity index is 1290. The van der Waals surface area contributed by atoms with Gasteiger partial charge in [0.15, 0.2) is 12.4 Å². The molecule has 0 aliphatic heterocycles. The van der Waals surface area contributed by atoms with Crippen molar-refractivity contribution < 1.29 is 17.6 Å². The van der Waals surface area contributed by atoms with Crippen LogP contribution >= 0.6 is 11.6 Å². The van der Waals surface area contributed by atoms with Crippen molar-refractivity contribution in [1.29, 1.82) is 0 Å². The molecular weight excluding hydrogens is 424 g/mol. The molecule has 4 rings (SSSR count). The summed E-state index contributed by atoms with van der Waals surface area (Å²) in [5.74, 6) is 1.06. The van der Waals surface area contributed by atoms with Crippen LogP contribution in [0.5, 0.6) is 5.75 Å². The zero-order valence-corrected chi connectivity index (χ0v) is 17.2. The molecule has 0 radical (unpaired) electrons. The van der Waals surface area contributed by atoms with Crippen LogP contribution in [0.15, 0.2) is 88.2 Å². The van der Waals surface area contributed by atoms with E-state index in [0.717, 1.165) is 5.56 Å². The van der Waals surface area contributed by atoms with E-state index < -0.39 is 10.0 Å². The lowest BCUT2D eigenvalue weighted by molar-refractivity contribution is 0.265. The lowest BCUT2D eigenvalue weighted by atomic mass is 10.1. The molecule has 0 bridgehead atoms. The largest absolute Gasteiger partial charge is 0.482 e. The molecular formula is C22H17ClN2O4S. The Morgan fingerprint density at radius 2 is 1.60 bits per heavy atom. The Morgan fingerprint density at radius 1 is 0.933 bits per heavy atom. The monoisotopic (exact) mass is 440 g/mol. The summed E-state index contributed by atoms with van der Waals surface area (Å²) in [7, 11) is -3.97. The third-order valence-corrected chi connectivity index (χ3v) is 5.63. The fraction of sp³-hybridized carbons (Fsp3) is 0.0455. The molecule has 1 aromatic heterocycles. The molecule has 152 valence electrons. The number of para-hydroxylation sites is 1. The highest BCUT2D eigenvalue weighted by molar-refractivity contribution is 7.89. The lowest BCUT2D eigenvalue weighted by Gasteiger charge is -2.07. The average Bonchev–Trinajstić information content (AvgIpc) is 3.17. The van der Waals surface area contributed by atoms with E-state index in [1.165, 1.54) is 6.07 Å². The van der Waals surface area contributed by atoms with Crippen LogP contribution in [0.25, 0.3) is 22.6 Å². The van der Waals surface area contributed by atoms with Gasteiger partial charge >= 0.3 is 0 Å². The molecule has 0 saturated heterocycles. The van der Waals surface area contributed by atoms with Gasteiger partial charge in [-0.05, 0) is 24.3 Å². The molecule has 0 fully saturated rings. The highest BCUT2D eigenvalue weighted by Gasteiger charge is 2.23. The molecule has 0 aliphatic carbocycles. The fourth-order valence-electron chi connectivity index (χ4n) is 3.00. The molecule has 30 heavy (non-hydrogen) atoms. The summed E-state index contributed by atoms with van der Waals surface area (Å²) in [6, 6.07) is 22.8. The quantitative estimate of drug-likeness (QED) is 0.460. The first-order valence-electron chi connectivity index (χ1n) is 8.98. The van der Waals surface area contributed by atoms with Crippen LogP contribution in [0, 0.1) is 0 Å². The number of sulfonamides is 1. The standard InChI is InChI=1S/C22H17ClN2O4S/c23-17-11-5-6-12-18(17)28-14-20-25-21(15-8-2-1-3-9-15)22(29-20)16-10-4-7-13-19(16)30(24,26)27/h1-13H,14H2,(H2,24,26,27). The molecule has 6 nitrogen and oxygen atoms in total. The molecule has 1 heterocycles. The molecule has 0 aliphatic rings. The number of primary sulfonamides is 1. The topological polar surface area (TPSA) is 95.4 Å². The number of ether oxygens (including phenoxy) is 1. The van der Waals surface area contributed by atoms with E-state index in [2.05, 4.69) is 4.98 Å². The Morgan fingerprint density at radius 3 is 2.33 bits per heavy atom. The van der Waals surface area contributed by atoms with Gasteiger partial charge in [0.25, 0.3) is 0 Å². The second-order valence-electron chi connectivity index (χ2n) is 6.41. The van der Waals surface area contributed by atoms with Gasteiger partial charge in [-0.2, -0.15) is 0 Å². The minimum atomic E-state index is -3.97. The molecule has 0 saturated carbocycles. The summed E-state index contributed by atoms with van der Waals surface area (Å²) in [6.07, 6.45) is 0. The van der Waals surface area contributed by atoms with Gasteiger partial charge in [0.05, 0.1) is 9.92 Å². The smallest absolute Gasteiger partial charge is 0.238 e. The Hall–Kier alpha value is -3.13. The lowest BCUT2D eigenvalue weighted by Crippen LogP contribution is -2.13. The number of aromatic nitrogens is 1. The summed E-state index contributed by atoms with van der Waals surface area (Å²) < 4.78 is 35.9. The van der Waals surface area contributed by atoms with Crippen molar-refractivity contribution in [2.75, 3.05) is 0 Å². The Labute approximate surface area is 178 Å². The zero-order chi connectivity index (χ0) is 21.1. The third kappa shape index (κ3) is 4.23. The number of benzene rings is 3. The van der Waals surface area contributed by atoms with Gasteiger partial charge in [-0.15, -0.1) is 0 Å². The van der Waals surface area contributed by atoms with Crippen LogP contribution in [-0.2, 0) is 16.6 Å². The maximum atomic E-state index is 12.1. The number of rotatable bonds is 6. The zero-order valence-electron chi connectivity index (χ0n) is 15.7. The summed E-state index contributed by atoms with van der Waals surface area (Å²) in [6.45, 7) is 0.0150. The van der Waals surface area contributed by atoms with Gasteiger partial charge < -0.3 is 9.15 Å². The maximum absolute atomic E-state index is 12.1. The molecule has 0 atom stereocenters. The fourth-order valence-corrected chi connectivity index (χ4v) is 3.93. The third-order valence-electron chi connectivity index (χ3n) is 4.34. The van der Waals surface area contributed by atoms with Gasteiger partial charge in [0, 0.05) is 11.1 Å². The number of oxazole rings is 1. The van der Waals surface area contributed by atoms with E-state index >= 15 is 0 Å². The molecule has 0 unspecified atom stereocenters. The molecule has 8 heteroatoms. The van der Waals surface area contributed by atoms with E-state index in [1.54, 1.807) is 42.5 Å². The van der Waals surface area contributed by atoms with Crippen molar-refractivity contribution in [3.8, 4) is 28.3 Å².